The SMILES string of the molecule is CC(C)c1nnc2ccc(N3CCC(C(=O)Nc4cccnc4)CC3)nn12. The molecule has 1 aliphatic heterocycles. The van der Waals surface area contributed by atoms with Crippen LogP contribution < -0.4 is 10.2 Å². The summed E-state index contributed by atoms with van der Waals surface area (Å²) >= 11 is 0. The van der Waals surface area contributed by atoms with E-state index < -0.39 is 0 Å². The number of fused-ring (bicyclic) bond motifs is 1. The summed E-state index contributed by atoms with van der Waals surface area (Å²) in [7, 11) is 0. The van der Waals surface area contributed by atoms with Gasteiger partial charge >= 0.3 is 0 Å². The molecule has 1 fully saturated rings. The molecule has 0 atom stereocenters. The van der Waals surface area contributed by atoms with E-state index in [1.807, 2.05) is 28.8 Å². The molecule has 140 valence electrons. The molecule has 3 aromatic heterocycles. The average Bonchev–Trinajstić information content (AvgIpc) is 3.12. The number of carbonyl (C=O) groups excluding carboxylic acids is 1. The Kier molecular flexibility index (Phi) is 4.70. The number of piperidine rings is 1. The van der Waals surface area contributed by atoms with Gasteiger partial charge < -0.3 is 10.2 Å². The third-order valence-corrected chi connectivity index (χ3v) is 4.91. The summed E-state index contributed by atoms with van der Waals surface area (Å²) in [5.41, 5.74) is 1.50. The van der Waals surface area contributed by atoms with Gasteiger partial charge in [0, 0.05) is 31.1 Å². The zero-order valence-electron chi connectivity index (χ0n) is 15.5. The van der Waals surface area contributed by atoms with E-state index in [9.17, 15) is 4.79 Å². The van der Waals surface area contributed by atoms with Crippen LogP contribution >= 0.6 is 0 Å². The Balaban J connectivity index is 1.42. The molecule has 0 unspecified atom stereocenters. The fraction of sp³-hybridized carbons (Fsp3) is 0.421. The number of nitrogens with zero attached hydrogens (tertiary/aromatic N) is 6. The molecule has 0 aromatic carbocycles. The molecule has 1 amide bonds. The van der Waals surface area contributed by atoms with Gasteiger partial charge in [-0.1, -0.05) is 13.8 Å². The highest BCUT2D eigenvalue weighted by Gasteiger charge is 2.26. The smallest absolute Gasteiger partial charge is 0.227 e. The number of pyridine rings is 1. The lowest BCUT2D eigenvalue weighted by Crippen LogP contribution is -2.38. The average molecular weight is 365 g/mol. The first-order chi connectivity index (χ1) is 13.1. The second kappa shape index (κ2) is 7.30. The monoisotopic (exact) mass is 365 g/mol. The van der Waals surface area contributed by atoms with Crippen molar-refractivity contribution in [2.45, 2.75) is 32.6 Å². The standard InChI is InChI=1S/C19H23N7O/c1-13(2)18-23-22-16-5-6-17(24-26(16)18)25-10-7-14(8-11-25)19(27)21-15-4-3-9-20-12-15/h3-6,9,12-14H,7-8,10-11H2,1-2H3,(H,21,27). The van der Waals surface area contributed by atoms with Crippen LogP contribution in [0.1, 0.15) is 38.4 Å². The van der Waals surface area contributed by atoms with Gasteiger partial charge in [0.05, 0.1) is 11.9 Å². The highest BCUT2D eigenvalue weighted by atomic mass is 16.1. The van der Waals surface area contributed by atoms with E-state index in [-0.39, 0.29) is 17.7 Å². The zero-order valence-corrected chi connectivity index (χ0v) is 15.5. The van der Waals surface area contributed by atoms with Crippen LogP contribution in [0.3, 0.4) is 0 Å². The predicted molar refractivity (Wildman–Crippen MR) is 103 cm³/mol. The van der Waals surface area contributed by atoms with Crippen LogP contribution in [0.25, 0.3) is 5.65 Å². The number of carbonyl (C=O) groups is 1. The van der Waals surface area contributed by atoms with E-state index in [0.717, 1.165) is 48.9 Å². The molecule has 0 spiro atoms. The third-order valence-electron chi connectivity index (χ3n) is 4.91. The molecule has 1 saturated heterocycles. The van der Waals surface area contributed by atoms with Crippen molar-refractivity contribution in [3.05, 3.63) is 42.5 Å². The summed E-state index contributed by atoms with van der Waals surface area (Å²) in [5, 5.41) is 16.1. The Morgan fingerprint density at radius 1 is 1.19 bits per heavy atom. The zero-order chi connectivity index (χ0) is 18.8. The van der Waals surface area contributed by atoms with Gasteiger partial charge in [-0.15, -0.1) is 15.3 Å². The number of hydrogen-bond donors (Lipinski definition) is 1. The normalized spacial score (nSPS) is 15.4. The van der Waals surface area contributed by atoms with E-state index in [4.69, 9.17) is 5.10 Å². The number of anilines is 2. The van der Waals surface area contributed by atoms with E-state index >= 15 is 0 Å². The lowest BCUT2D eigenvalue weighted by molar-refractivity contribution is -0.120. The van der Waals surface area contributed by atoms with E-state index in [1.165, 1.54) is 0 Å². The van der Waals surface area contributed by atoms with Gasteiger partial charge in [-0.2, -0.15) is 4.52 Å². The Morgan fingerprint density at radius 2 is 2.00 bits per heavy atom. The second-order valence-electron chi connectivity index (χ2n) is 7.17. The maximum atomic E-state index is 12.5. The highest BCUT2D eigenvalue weighted by molar-refractivity contribution is 5.92. The minimum absolute atomic E-state index is 0.00586. The molecule has 8 nitrogen and oxygen atoms in total. The third kappa shape index (κ3) is 3.60. The van der Waals surface area contributed by atoms with E-state index in [0.29, 0.717) is 0 Å². The summed E-state index contributed by atoms with van der Waals surface area (Å²) in [6.07, 6.45) is 4.95. The lowest BCUT2D eigenvalue weighted by Gasteiger charge is -2.32. The van der Waals surface area contributed by atoms with E-state index in [2.05, 4.69) is 39.2 Å². The summed E-state index contributed by atoms with van der Waals surface area (Å²) in [6, 6.07) is 7.59. The fourth-order valence-corrected chi connectivity index (χ4v) is 3.38. The second-order valence-corrected chi connectivity index (χ2v) is 7.17. The Morgan fingerprint density at radius 3 is 2.70 bits per heavy atom. The highest BCUT2D eigenvalue weighted by Crippen LogP contribution is 2.24. The fourth-order valence-electron chi connectivity index (χ4n) is 3.38. The van der Waals surface area contributed by atoms with Gasteiger partial charge in [0.15, 0.2) is 11.5 Å². The summed E-state index contributed by atoms with van der Waals surface area (Å²) in [5.74, 6) is 2.08. The van der Waals surface area contributed by atoms with Crippen molar-refractivity contribution in [2.75, 3.05) is 23.3 Å². The van der Waals surface area contributed by atoms with Crippen LogP contribution in [-0.4, -0.2) is 43.8 Å². The molecule has 0 radical (unpaired) electrons. The van der Waals surface area contributed by atoms with Crippen LogP contribution in [0.4, 0.5) is 11.5 Å². The van der Waals surface area contributed by atoms with Gasteiger partial charge in [0.25, 0.3) is 0 Å². The molecule has 0 aliphatic carbocycles. The number of aromatic nitrogens is 5. The van der Waals surface area contributed by atoms with Crippen molar-refractivity contribution in [1.29, 1.82) is 0 Å². The van der Waals surface area contributed by atoms with Crippen LogP contribution in [0.2, 0.25) is 0 Å². The largest absolute Gasteiger partial charge is 0.355 e. The Bertz CT molecular complexity index is 930. The first kappa shape index (κ1) is 17.4. The van der Waals surface area contributed by atoms with Gasteiger partial charge in [-0.25, -0.2) is 0 Å². The Hall–Kier alpha value is -3.03. The molecule has 4 rings (SSSR count). The molecule has 1 aliphatic rings. The number of hydrogen-bond acceptors (Lipinski definition) is 6. The Labute approximate surface area is 157 Å². The first-order valence-corrected chi connectivity index (χ1v) is 9.30. The maximum absolute atomic E-state index is 12.5. The summed E-state index contributed by atoms with van der Waals surface area (Å²) in [4.78, 5) is 18.7. The van der Waals surface area contributed by atoms with Gasteiger partial charge in [-0.05, 0) is 37.1 Å². The van der Waals surface area contributed by atoms with Gasteiger partial charge in [0.2, 0.25) is 5.91 Å². The lowest BCUT2D eigenvalue weighted by atomic mass is 9.96. The molecule has 3 aromatic rings. The topological polar surface area (TPSA) is 88.3 Å². The molecule has 0 bridgehead atoms. The predicted octanol–water partition coefficient (Wildman–Crippen LogP) is 2.50. The first-order valence-electron chi connectivity index (χ1n) is 9.30. The minimum atomic E-state index is 0.00586. The quantitative estimate of drug-likeness (QED) is 0.764. The van der Waals surface area contributed by atoms with Crippen LogP contribution in [-0.2, 0) is 4.79 Å². The van der Waals surface area contributed by atoms with Gasteiger partial charge in [-0.3, -0.25) is 9.78 Å². The number of nitrogens with one attached hydrogen (secondary N) is 1. The molecule has 8 heteroatoms. The van der Waals surface area contributed by atoms with Crippen molar-refractivity contribution in [1.82, 2.24) is 24.8 Å². The van der Waals surface area contributed by atoms with Crippen LogP contribution in [0.5, 0.6) is 0 Å². The molecule has 4 heterocycles. The number of rotatable bonds is 4. The van der Waals surface area contributed by atoms with Crippen molar-refractivity contribution in [2.24, 2.45) is 5.92 Å². The minimum Gasteiger partial charge on any atom is -0.355 e. The van der Waals surface area contributed by atoms with Crippen LogP contribution in [0.15, 0.2) is 36.7 Å². The number of amides is 1. The van der Waals surface area contributed by atoms with E-state index in [1.54, 1.807) is 12.4 Å². The van der Waals surface area contributed by atoms with Crippen LogP contribution in [0, 0.1) is 5.92 Å². The molecule has 27 heavy (non-hydrogen) atoms. The molecular formula is C19H23N7O. The van der Waals surface area contributed by atoms with Crippen molar-refractivity contribution in [3.63, 3.8) is 0 Å². The van der Waals surface area contributed by atoms with Crippen molar-refractivity contribution < 1.29 is 4.79 Å². The summed E-state index contributed by atoms with van der Waals surface area (Å²) < 4.78 is 1.82. The summed E-state index contributed by atoms with van der Waals surface area (Å²) in [6.45, 7) is 5.75. The van der Waals surface area contributed by atoms with Crippen molar-refractivity contribution in [3.8, 4) is 0 Å². The van der Waals surface area contributed by atoms with Gasteiger partial charge in [0.1, 0.15) is 5.82 Å². The molecular weight excluding hydrogens is 342 g/mol. The van der Waals surface area contributed by atoms with Crippen molar-refractivity contribution >= 4 is 23.1 Å². The molecule has 1 N–H and O–H groups in total. The maximum Gasteiger partial charge on any atom is 0.227 e. The molecule has 0 saturated carbocycles.